The van der Waals surface area contributed by atoms with Crippen molar-refractivity contribution < 1.29 is 24.2 Å². The van der Waals surface area contributed by atoms with Crippen LogP contribution in [0, 0.1) is 0 Å². The molecule has 2 N–H and O–H groups in total. The molecule has 1 fully saturated rings. The molecule has 1 aliphatic carbocycles. The number of carbonyl (C=O) groups is 2. The highest BCUT2D eigenvalue weighted by atomic mass is 16.6. The van der Waals surface area contributed by atoms with Crippen LogP contribution >= 0.6 is 0 Å². The molecule has 1 heterocycles. The number of amides is 1. The second kappa shape index (κ2) is 8.23. The fourth-order valence-corrected chi connectivity index (χ4v) is 3.39. The van der Waals surface area contributed by atoms with Gasteiger partial charge in [0.15, 0.2) is 5.78 Å². The Bertz CT molecular complexity index is 721. The van der Waals surface area contributed by atoms with Gasteiger partial charge < -0.3 is 19.9 Å². The van der Waals surface area contributed by atoms with Crippen molar-refractivity contribution in [2.75, 3.05) is 13.7 Å². The number of hydrogen-bond donors (Lipinski definition) is 2. The van der Waals surface area contributed by atoms with Crippen LogP contribution in [0.5, 0.6) is 5.75 Å². The van der Waals surface area contributed by atoms with Crippen molar-refractivity contribution in [2.24, 2.45) is 0 Å². The van der Waals surface area contributed by atoms with Crippen molar-refractivity contribution in [1.29, 1.82) is 0 Å². The van der Waals surface area contributed by atoms with Crippen LogP contribution < -0.4 is 10.1 Å². The van der Waals surface area contributed by atoms with E-state index < -0.39 is 17.7 Å². The molecule has 0 spiro atoms. The summed E-state index contributed by atoms with van der Waals surface area (Å²) in [4.78, 5) is 25.2. The second-order valence-electron chi connectivity index (χ2n) is 7.46. The van der Waals surface area contributed by atoms with Gasteiger partial charge in [0.2, 0.25) is 5.91 Å². The monoisotopic (exact) mass is 373 g/mol. The fraction of sp³-hybridized carbons (Fsp3) is 0.524. The molecule has 1 aromatic carbocycles. The van der Waals surface area contributed by atoms with Crippen molar-refractivity contribution in [3.8, 4) is 5.75 Å². The number of aliphatic hydroxyl groups excluding tert-OH is 1. The molecular formula is C21H27NO5. The zero-order valence-electron chi connectivity index (χ0n) is 15.9. The Kier molecular flexibility index (Phi) is 5.97. The Morgan fingerprint density at radius 3 is 2.59 bits per heavy atom. The first-order valence-corrected chi connectivity index (χ1v) is 9.39. The first-order valence-electron chi connectivity index (χ1n) is 9.39. The lowest BCUT2D eigenvalue weighted by molar-refractivity contribution is -0.131. The minimum Gasteiger partial charge on any atom is -0.497 e. The number of methoxy groups -OCH3 is 1. The number of nitrogens with one attached hydrogen (secondary N) is 1. The fourth-order valence-electron chi connectivity index (χ4n) is 3.39. The molecule has 1 amide bonds. The quantitative estimate of drug-likeness (QED) is 0.513. The number of carbonyl (C=O) groups excluding carboxylic acids is 2. The van der Waals surface area contributed by atoms with Crippen LogP contribution in [0.25, 0.3) is 0 Å². The molecule has 1 aromatic rings. The van der Waals surface area contributed by atoms with Gasteiger partial charge in [0.25, 0.3) is 0 Å². The Morgan fingerprint density at radius 2 is 2.04 bits per heavy atom. The standard InChI is InChI=1S/C21H27NO5/c1-21(13-27-21)20(25)17(11-14-5-3-4-6-14)22-19(24)12-18(23)15-7-9-16(26-2)10-8-15/h5,7-10,17-18,23H,3-4,6,11-13H2,1-2H3,(H,22,24). The van der Waals surface area contributed by atoms with Gasteiger partial charge in [-0.2, -0.15) is 0 Å². The van der Waals surface area contributed by atoms with Crippen LogP contribution in [-0.2, 0) is 14.3 Å². The number of benzene rings is 1. The van der Waals surface area contributed by atoms with Crippen LogP contribution in [0.15, 0.2) is 35.9 Å². The molecule has 0 aromatic heterocycles. The third kappa shape index (κ3) is 4.96. The van der Waals surface area contributed by atoms with E-state index in [2.05, 4.69) is 11.4 Å². The molecule has 0 bridgehead atoms. The summed E-state index contributed by atoms with van der Waals surface area (Å²) in [6.45, 7) is 2.15. The maximum absolute atomic E-state index is 12.7. The number of rotatable bonds is 9. The van der Waals surface area contributed by atoms with Crippen molar-refractivity contribution in [1.82, 2.24) is 5.32 Å². The maximum atomic E-state index is 12.7. The van der Waals surface area contributed by atoms with Crippen molar-refractivity contribution in [2.45, 2.75) is 56.8 Å². The molecule has 6 heteroatoms. The molecule has 6 nitrogen and oxygen atoms in total. The molecular weight excluding hydrogens is 346 g/mol. The van der Waals surface area contributed by atoms with E-state index in [1.165, 1.54) is 5.57 Å². The number of epoxide rings is 1. The van der Waals surface area contributed by atoms with E-state index in [9.17, 15) is 14.7 Å². The summed E-state index contributed by atoms with van der Waals surface area (Å²) < 4.78 is 10.4. The van der Waals surface area contributed by atoms with Crippen LogP contribution in [0.1, 0.15) is 50.7 Å². The molecule has 27 heavy (non-hydrogen) atoms. The summed E-state index contributed by atoms with van der Waals surface area (Å²) in [7, 11) is 1.57. The van der Waals surface area contributed by atoms with Gasteiger partial charge in [-0.1, -0.05) is 23.8 Å². The molecule has 3 unspecified atom stereocenters. The number of hydrogen-bond acceptors (Lipinski definition) is 5. The van der Waals surface area contributed by atoms with E-state index in [0.29, 0.717) is 24.3 Å². The Labute approximate surface area is 159 Å². The highest BCUT2D eigenvalue weighted by Gasteiger charge is 2.50. The van der Waals surface area contributed by atoms with Gasteiger partial charge >= 0.3 is 0 Å². The van der Waals surface area contributed by atoms with Gasteiger partial charge in [-0.15, -0.1) is 0 Å². The largest absolute Gasteiger partial charge is 0.497 e. The van der Waals surface area contributed by atoms with Gasteiger partial charge in [-0.3, -0.25) is 9.59 Å². The second-order valence-corrected chi connectivity index (χ2v) is 7.46. The van der Waals surface area contributed by atoms with E-state index in [1.54, 1.807) is 38.3 Å². The van der Waals surface area contributed by atoms with E-state index >= 15 is 0 Å². The Morgan fingerprint density at radius 1 is 1.33 bits per heavy atom. The van der Waals surface area contributed by atoms with Gasteiger partial charge in [0, 0.05) is 0 Å². The molecule has 1 saturated heterocycles. The number of ketones is 1. The minimum absolute atomic E-state index is 0.0948. The lowest BCUT2D eigenvalue weighted by Gasteiger charge is -2.21. The van der Waals surface area contributed by atoms with E-state index in [1.807, 2.05) is 0 Å². The minimum atomic E-state index is -0.940. The van der Waals surface area contributed by atoms with E-state index in [0.717, 1.165) is 19.3 Å². The van der Waals surface area contributed by atoms with Crippen molar-refractivity contribution in [3.05, 3.63) is 41.5 Å². The SMILES string of the molecule is COc1ccc(C(O)CC(=O)NC(CC2=CCCC2)C(=O)C2(C)CO2)cc1. The summed E-state index contributed by atoms with van der Waals surface area (Å²) in [5.41, 5.74) is 1.05. The molecule has 3 rings (SSSR count). The number of Topliss-reactive ketones (excluding diaryl/α,β-unsaturated/α-hetero) is 1. The van der Waals surface area contributed by atoms with E-state index in [-0.39, 0.29) is 18.1 Å². The lowest BCUT2D eigenvalue weighted by Crippen LogP contribution is -2.46. The first-order chi connectivity index (χ1) is 12.9. The topological polar surface area (TPSA) is 88.2 Å². The summed E-state index contributed by atoms with van der Waals surface area (Å²) in [5, 5.41) is 13.2. The summed E-state index contributed by atoms with van der Waals surface area (Å²) in [6.07, 6.45) is 4.70. The highest BCUT2D eigenvalue weighted by molar-refractivity contribution is 5.96. The number of aliphatic hydroxyl groups is 1. The summed E-state index contributed by atoms with van der Waals surface area (Å²) in [5.74, 6) is 0.241. The van der Waals surface area contributed by atoms with Gasteiger partial charge in [-0.05, 0) is 50.3 Å². The third-order valence-corrected chi connectivity index (χ3v) is 5.23. The number of allylic oxidation sites excluding steroid dienone is 1. The average molecular weight is 373 g/mol. The zero-order valence-corrected chi connectivity index (χ0v) is 15.9. The van der Waals surface area contributed by atoms with Gasteiger partial charge in [0.1, 0.15) is 11.4 Å². The molecule has 2 aliphatic rings. The molecule has 146 valence electrons. The van der Waals surface area contributed by atoms with Gasteiger partial charge in [-0.25, -0.2) is 0 Å². The van der Waals surface area contributed by atoms with Crippen LogP contribution in [0.2, 0.25) is 0 Å². The third-order valence-electron chi connectivity index (χ3n) is 5.23. The lowest BCUT2D eigenvalue weighted by atomic mass is 9.94. The van der Waals surface area contributed by atoms with Crippen molar-refractivity contribution in [3.63, 3.8) is 0 Å². The average Bonchev–Trinajstić information content (AvgIpc) is 3.20. The first kappa shape index (κ1) is 19.6. The molecule has 1 aliphatic heterocycles. The Hall–Kier alpha value is -2.18. The smallest absolute Gasteiger partial charge is 0.223 e. The summed E-state index contributed by atoms with van der Waals surface area (Å²) >= 11 is 0. The molecule has 3 atom stereocenters. The Balaban J connectivity index is 1.61. The summed E-state index contributed by atoms with van der Waals surface area (Å²) in [6, 6.07) is 6.31. The molecule has 0 saturated carbocycles. The van der Waals surface area contributed by atoms with Crippen LogP contribution in [0.3, 0.4) is 0 Å². The van der Waals surface area contributed by atoms with E-state index in [4.69, 9.17) is 9.47 Å². The van der Waals surface area contributed by atoms with Gasteiger partial charge in [0.05, 0.1) is 32.3 Å². The zero-order chi connectivity index (χ0) is 19.4. The molecule has 0 radical (unpaired) electrons. The van der Waals surface area contributed by atoms with Crippen LogP contribution in [0.4, 0.5) is 0 Å². The van der Waals surface area contributed by atoms with Crippen LogP contribution in [-0.4, -0.2) is 42.2 Å². The maximum Gasteiger partial charge on any atom is 0.223 e. The number of ether oxygens (including phenoxy) is 2. The predicted molar refractivity (Wildman–Crippen MR) is 100 cm³/mol. The highest BCUT2D eigenvalue weighted by Crippen LogP contribution is 2.31. The predicted octanol–water partition coefficient (Wildman–Crippen LogP) is 2.46. The van der Waals surface area contributed by atoms with Crippen molar-refractivity contribution >= 4 is 11.7 Å². The normalized spacial score (nSPS) is 23.3.